The highest BCUT2D eigenvalue weighted by Crippen LogP contribution is 2.40. The molecule has 32 heavy (non-hydrogen) atoms. The van der Waals surface area contributed by atoms with Crippen molar-refractivity contribution >= 4 is 73.5 Å². The SMILES string of the molecule is CC(=O)N1CCN(c2ccc(NC(=O)c3sc4c([N+](=O)[O-])cccc4c3Cl)cc2Cl)CC1. The number of piperazine rings is 1. The molecule has 2 amide bonds. The Bertz CT molecular complexity index is 1240. The molecule has 0 bridgehead atoms. The summed E-state index contributed by atoms with van der Waals surface area (Å²) < 4.78 is 0.353. The average Bonchev–Trinajstić information content (AvgIpc) is 3.10. The van der Waals surface area contributed by atoms with E-state index >= 15 is 0 Å². The second-order valence-electron chi connectivity index (χ2n) is 7.27. The Balaban J connectivity index is 1.53. The number of halogens is 2. The van der Waals surface area contributed by atoms with Crippen LogP contribution < -0.4 is 10.2 Å². The van der Waals surface area contributed by atoms with Crippen molar-refractivity contribution < 1.29 is 14.5 Å². The molecule has 2 aromatic carbocycles. The molecule has 1 aliphatic rings. The van der Waals surface area contributed by atoms with Gasteiger partial charge in [-0.25, -0.2) is 0 Å². The van der Waals surface area contributed by atoms with Gasteiger partial charge >= 0.3 is 0 Å². The van der Waals surface area contributed by atoms with E-state index in [4.69, 9.17) is 23.2 Å². The fourth-order valence-corrected chi connectivity index (χ4v) is 5.44. The molecular formula is C21H18Cl2N4O4S. The Morgan fingerprint density at radius 2 is 1.84 bits per heavy atom. The standard InChI is InChI=1S/C21H18Cl2N4O4S/c1-12(28)25-7-9-26(10-8-25)16-6-5-13(11-15(16)22)24-21(29)20-18(23)14-3-2-4-17(27(30)31)19(14)32-20/h2-6,11H,7-10H2,1H3,(H,24,29). The highest BCUT2D eigenvalue weighted by Gasteiger charge is 2.24. The van der Waals surface area contributed by atoms with Crippen LogP contribution >= 0.6 is 34.5 Å². The summed E-state index contributed by atoms with van der Waals surface area (Å²) in [6.07, 6.45) is 0. The van der Waals surface area contributed by atoms with Crippen molar-refractivity contribution in [1.29, 1.82) is 0 Å². The van der Waals surface area contributed by atoms with Crippen LogP contribution in [0.3, 0.4) is 0 Å². The number of fused-ring (bicyclic) bond motifs is 1. The molecule has 3 aromatic rings. The highest BCUT2D eigenvalue weighted by molar-refractivity contribution is 7.22. The lowest BCUT2D eigenvalue weighted by Gasteiger charge is -2.36. The van der Waals surface area contributed by atoms with Gasteiger partial charge in [0.15, 0.2) is 0 Å². The summed E-state index contributed by atoms with van der Waals surface area (Å²) in [5, 5.41) is 15.2. The fourth-order valence-electron chi connectivity index (χ4n) is 3.66. The van der Waals surface area contributed by atoms with E-state index in [1.54, 1.807) is 30.0 Å². The van der Waals surface area contributed by atoms with Crippen molar-refractivity contribution in [2.45, 2.75) is 6.92 Å². The maximum Gasteiger partial charge on any atom is 0.287 e. The van der Waals surface area contributed by atoms with Gasteiger partial charge in [-0.3, -0.25) is 19.7 Å². The molecule has 1 aromatic heterocycles. The number of carbonyl (C=O) groups excluding carboxylic acids is 2. The second-order valence-corrected chi connectivity index (χ2v) is 9.08. The summed E-state index contributed by atoms with van der Waals surface area (Å²) in [7, 11) is 0. The Labute approximate surface area is 197 Å². The van der Waals surface area contributed by atoms with Gasteiger partial charge < -0.3 is 15.1 Å². The first kappa shape index (κ1) is 22.3. The molecule has 0 radical (unpaired) electrons. The van der Waals surface area contributed by atoms with Gasteiger partial charge in [0.25, 0.3) is 11.6 Å². The van der Waals surface area contributed by atoms with E-state index in [0.29, 0.717) is 47.0 Å². The Hall–Kier alpha value is -2.88. The van der Waals surface area contributed by atoms with Crippen molar-refractivity contribution in [3.05, 3.63) is 61.4 Å². The molecule has 0 unspecified atom stereocenters. The quantitative estimate of drug-likeness (QED) is 0.406. The number of carbonyl (C=O) groups is 2. The molecule has 2 heterocycles. The molecule has 0 aliphatic carbocycles. The van der Waals surface area contributed by atoms with Crippen LogP contribution in [-0.4, -0.2) is 47.8 Å². The number of nitrogens with zero attached hydrogens (tertiary/aromatic N) is 3. The van der Waals surface area contributed by atoms with Gasteiger partial charge in [0.2, 0.25) is 5.91 Å². The van der Waals surface area contributed by atoms with Crippen molar-refractivity contribution in [3.63, 3.8) is 0 Å². The summed E-state index contributed by atoms with van der Waals surface area (Å²) in [5.74, 6) is -0.413. The highest BCUT2D eigenvalue weighted by atomic mass is 35.5. The first-order valence-corrected chi connectivity index (χ1v) is 11.3. The lowest BCUT2D eigenvalue weighted by molar-refractivity contribution is -0.382. The number of anilines is 2. The number of nitro benzene ring substituents is 1. The van der Waals surface area contributed by atoms with Crippen molar-refractivity contribution in [2.75, 3.05) is 36.4 Å². The van der Waals surface area contributed by atoms with E-state index in [2.05, 4.69) is 10.2 Å². The third-order valence-electron chi connectivity index (χ3n) is 5.31. The number of rotatable bonds is 4. The first-order chi connectivity index (χ1) is 15.3. The number of hydrogen-bond donors (Lipinski definition) is 1. The lowest BCUT2D eigenvalue weighted by Crippen LogP contribution is -2.48. The van der Waals surface area contributed by atoms with Crippen LogP contribution in [0.1, 0.15) is 16.6 Å². The average molecular weight is 493 g/mol. The van der Waals surface area contributed by atoms with Crippen molar-refractivity contribution in [2.24, 2.45) is 0 Å². The Kier molecular flexibility index (Phi) is 6.23. The number of amides is 2. The van der Waals surface area contributed by atoms with E-state index < -0.39 is 10.8 Å². The van der Waals surface area contributed by atoms with Gasteiger partial charge in [0, 0.05) is 50.2 Å². The van der Waals surface area contributed by atoms with Gasteiger partial charge in [0.1, 0.15) is 9.58 Å². The maximum atomic E-state index is 12.8. The van der Waals surface area contributed by atoms with Gasteiger partial charge in [0.05, 0.1) is 20.7 Å². The molecular weight excluding hydrogens is 475 g/mol. The van der Waals surface area contributed by atoms with E-state index in [0.717, 1.165) is 17.0 Å². The molecule has 0 spiro atoms. The molecule has 1 saturated heterocycles. The molecule has 4 rings (SSSR count). The predicted octanol–water partition coefficient (Wildman–Crippen LogP) is 5.04. The van der Waals surface area contributed by atoms with Crippen LogP contribution in [0.5, 0.6) is 0 Å². The molecule has 1 aliphatic heterocycles. The van der Waals surface area contributed by atoms with Gasteiger partial charge in [-0.05, 0) is 18.2 Å². The van der Waals surface area contributed by atoms with Crippen LogP contribution in [0.25, 0.3) is 10.1 Å². The number of hydrogen-bond acceptors (Lipinski definition) is 6. The largest absolute Gasteiger partial charge is 0.367 e. The Morgan fingerprint density at radius 1 is 1.12 bits per heavy atom. The van der Waals surface area contributed by atoms with Gasteiger partial charge in [-0.15, -0.1) is 11.3 Å². The predicted molar refractivity (Wildman–Crippen MR) is 127 cm³/mol. The van der Waals surface area contributed by atoms with Crippen LogP contribution in [-0.2, 0) is 4.79 Å². The number of nitro groups is 1. The summed E-state index contributed by atoms with van der Waals surface area (Å²) >= 11 is 13.8. The molecule has 8 nitrogen and oxygen atoms in total. The molecule has 0 saturated carbocycles. The van der Waals surface area contributed by atoms with E-state index in [1.807, 2.05) is 6.07 Å². The minimum absolute atomic E-state index is 0.0547. The van der Waals surface area contributed by atoms with E-state index in [9.17, 15) is 19.7 Å². The number of nitrogens with one attached hydrogen (secondary N) is 1. The zero-order chi connectivity index (χ0) is 23.0. The normalized spacial score (nSPS) is 14.0. The van der Waals surface area contributed by atoms with E-state index in [1.165, 1.54) is 12.1 Å². The lowest BCUT2D eigenvalue weighted by atomic mass is 10.2. The minimum atomic E-state index is -0.494. The Morgan fingerprint density at radius 3 is 2.47 bits per heavy atom. The monoisotopic (exact) mass is 492 g/mol. The number of non-ortho nitro benzene ring substituents is 1. The second kappa shape index (κ2) is 8.93. The van der Waals surface area contributed by atoms with Gasteiger partial charge in [-0.1, -0.05) is 35.3 Å². The maximum absolute atomic E-state index is 12.8. The van der Waals surface area contributed by atoms with E-state index in [-0.39, 0.29) is 21.5 Å². The van der Waals surface area contributed by atoms with Crippen LogP contribution in [0.2, 0.25) is 10.0 Å². The molecule has 11 heteroatoms. The summed E-state index contributed by atoms with van der Waals surface area (Å²) in [6.45, 7) is 4.14. The third-order valence-corrected chi connectivity index (χ3v) is 7.34. The first-order valence-electron chi connectivity index (χ1n) is 9.73. The number of thiophene rings is 1. The van der Waals surface area contributed by atoms with Crippen LogP contribution in [0.15, 0.2) is 36.4 Å². The molecule has 166 valence electrons. The topological polar surface area (TPSA) is 95.8 Å². The minimum Gasteiger partial charge on any atom is -0.367 e. The zero-order valence-electron chi connectivity index (χ0n) is 16.9. The summed E-state index contributed by atoms with van der Waals surface area (Å²) in [4.78, 5) is 39.2. The summed E-state index contributed by atoms with van der Waals surface area (Å²) in [6, 6.07) is 9.77. The molecule has 1 N–H and O–H groups in total. The third kappa shape index (κ3) is 4.23. The smallest absolute Gasteiger partial charge is 0.287 e. The molecule has 1 fully saturated rings. The van der Waals surface area contributed by atoms with Crippen molar-refractivity contribution in [3.8, 4) is 0 Å². The number of benzene rings is 2. The van der Waals surface area contributed by atoms with Crippen molar-refractivity contribution in [1.82, 2.24) is 4.90 Å². The molecule has 0 atom stereocenters. The fraction of sp³-hybridized carbons (Fsp3) is 0.238. The van der Waals surface area contributed by atoms with Crippen LogP contribution in [0.4, 0.5) is 17.1 Å². The summed E-state index contributed by atoms with van der Waals surface area (Å²) in [5.41, 5.74) is 1.21. The zero-order valence-corrected chi connectivity index (χ0v) is 19.3. The van der Waals surface area contributed by atoms with Gasteiger partial charge in [-0.2, -0.15) is 0 Å². The van der Waals surface area contributed by atoms with Crippen LogP contribution in [0, 0.1) is 10.1 Å².